The Bertz CT molecular complexity index is 1020. The van der Waals surface area contributed by atoms with Gasteiger partial charge in [0.15, 0.2) is 11.5 Å². The van der Waals surface area contributed by atoms with Gasteiger partial charge in [0.1, 0.15) is 11.8 Å². The predicted molar refractivity (Wildman–Crippen MR) is 125 cm³/mol. The van der Waals surface area contributed by atoms with Gasteiger partial charge in [-0.15, -0.1) is 0 Å². The number of benzene rings is 3. The SMILES string of the molecule is CNC(=O)[C@@H](NCC[C@@H](c1ccc(OC)c(OC)c1)c1ccccc1O)c1ccccc1. The highest BCUT2D eigenvalue weighted by Crippen LogP contribution is 2.37. The average Bonchev–Trinajstić information content (AvgIpc) is 2.84. The van der Waals surface area contributed by atoms with Crippen molar-refractivity contribution in [3.63, 3.8) is 0 Å². The molecule has 0 aliphatic carbocycles. The molecule has 6 heteroatoms. The Balaban J connectivity index is 1.87. The summed E-state index contributed by atoms with van der Waals surface area (Å²) in [7, 11) is 4.84. The van der Waals surface area contributed by atoms with Gasteiger partial charge in [-0.1, -0.05) is 54.6 Å². The van der Waals surface area contributed by atoms with E-state index in [0.29, 0.717) is 24.5 Å². The van der Waals surface area contributed by atoms with Crippen LogP contribution in [0.25, 0.3) is 0 Å². The van der Waals surface area contributed by atoms with E-state index in [1.54, 1.807) is 33.4 Å². The van der Waals surface area contributed by atoms with Gasteiger partial charge in [0, 0.05) is 18.5 Å². The lowest BCUT2D eigenvalue weighted by Crippen LogP contribution is -2.36. The zero-order valence-corrected chi connectivity index (χ0v) is 18.7. The van der Waals surface area contributed by atoms with E-state index < -0.39 is 6.04 Å². The first-order valence-electron chi connectivity index (χ1n) is 10.6. The summed E-state index contributed by atoms with van der Waals surface area (Å²) in [6, 6.07) is 22.3. The van der Waals surface area contributed by atoms with E-state index in [1.807, 2.05) is 60.7 Å². The molecular formula is C26H30N2O4. The number of amides is 1. The zero-order chi connectivity index (χ0) is 22.9. The summed E-state index contributed by atoms with van der Waals surface area (Å²) in [4.78, 5) is 12.5. The smallest absolute Gasteiger partial charge is 0.241 e. The van der Waals surface area contributed by atoms with Crippen LogP contribution >= 0.6 is 0 Å². The normalized spacial score (nSPS) is 12.6. The van der Waals surface area contributed by atoms with Crippen LogP contribution in [-0.2, 0) is 4.79 Å². The molecule has 0 radical (unpaired) electrons. The summed E-state index contributed by atoms with van der Waals surface area (Å²) in [5.41, 5.74) is 2.71. The van der Waals surface area contributed by atoms with Crippen molar-refractivity contribution in [2.75, 3.05) is 27.8 Å². The molecule has 32 heavy (non-hydrogen) atoms. The number of nitrogens with one attached hydrogen (secondary N) is 2. The van der Waals surface area contributed by atoms with Crippen molar-refractivity contribution < 1.29 is 19.4 Å². The fourth-order valence-corrected chi connectivity index (χ4v) is 3.88. The molecule has 0 saturated heterocycles. The first-order valence-corrected chi connectivity index (χ1v) is 10.6. The highest BCUT2D eigenvalue weighted by atomic mass is 16.5. The largest absolute Gasteiger partial charge is 0.508 e. The molecule has 1 amide bonds. The first kappa shape index (κ1) is 23.2. The molecule has 0 unspecified atom stereocenters. The number of aromatic hydroxyl groups is 1. The van der Waals surface area contributed by atoms with Crippen LogP contribution in [-0.4, -0.2) is 38.8 Å². The molecule has 0 aliphatic heterocycles. The van der Waals surface area contributed by atoms with Gasteiger partial charge in [-0.05, 0) is 42.3 Å². The third kappa shape index (κ3) is 5.39. The minimum atomic E-state index is -0.461. The van der Waals surface area contributed by atoms with E-state index in [1.165, 1.54) is 0 Å². The minimum Gasteiger partial charge on any atom is -0.508 e. The van der Waals surface area contributed by atoms with Crippen LogP contribution in [0.5, 0.6) is 17.2 Å². The van der Waals surface area contributed by atoms with Crippen molar-refractivity contribution in [1.82, 2.24) is 10.6 Å². The maximum atomic E-state index is 12.5. The third-order valence-electron chi connectivity index (χ3n) is 5.55. The lowest BCUT2D eigenvalue weighted by Gasteiger charge is -2.23. The molecule has 3 aromatic rings. The van der Waals surface area contributed by atoms with Gasteiger partial charge in [-0.3, -0.25) is 4.79 Å². The lowest BCUT2D eigenvalue weighted by atomic mass is 9.87. The Hall–Kier alpha value is -3.51. The molecule has 0 heterocycles. The lowest BCUT2D eigenvalue weighted by molar-refractivity contribution is -0.122. The number of phenols is 1. The number of rotatable bonds is 10. The molecule has 3 rings (SSSR count). The van der Waals surface area contributed by atoms with Crippen LogP contribution in [0, 0.1) is 0 Å². The molecule has 6 nitrogen and oxygen atoms in total. The van der Waals surface area contributed by atoms with Crippen LogP contribution < -0.4 is 20.1 Å². The first-order chi connectivity index (χ1) is 15.6. The van der Waals surface area contributed by atoms with Gasteiger partial charge in [-0.25, -0.2) is 0 Å². The predicted octanol–water partition coefficient (Wildman–Crippen LogP) is 4.01. The molecule has 0 bridgehead atoms. The number of carbonyl (C=O) groups is 1. The molecule has 0 spiro atoms. The summed E-state index contributed by atoms with van der Waals surface area (Å²) in [6.07, 6.45) is 0.660. The van der Waals surface area contributed by atoms with Crippen molar-refractivity contribution in [2.24, 2.45) is 0 Å². The number of methoxy groups -OCH3 is 2. The summed E-state index contributed by atoms with van der Waals surface area (Å²) in [5, 5.41) is 16.6. The third-order valence-corrected chi connectivity index (χ3v) is 5.55. The van der Waals surface area contributed by atoms with E-state index in [4.69, 9.17) is 9.47 Å². The standard InChI is InChI=1S/C26H30N2O4/c1-27-26(30)25(18-9-5-4-6-10-18)28-16-15-20(21-11-7-8-12-22(21)29)19-13-14-23(31-2)24(17-19)32-3/h4-14,17,20,25,28-29H,15-16H2,1-3H3,(H,27,30)/t20-,25-/m0/s1. The topological polar surface area (TPSA) is 79.8 Å². The van der Waals surface area contributed by atoms with E-state index in [2.05, 4.69) is 10.6 Å². The quantitative estimate of drug-likeness (QED) is 0.449. The molecule has 3 N–H and O–H groups in total. The number of ether oxygens (including phenoxy) is 2. The highest BCUT2D eigenvalue weighted by molar-refractivity contribution is 5.82. The van der Waals surface area contributed by atoms with Crippen LogP contribution in [0.1, 0.15) is 35.1 Å². The number of hydrogen-bond acceptors (Lipinski definition) is 5. The molecule has 0 saturated carbocycles. The van der Waals surface area contributed by atoms with Crippen LogP contribution in [0.3, 0.4) is 0 Å². The zero-order valence-electron chi connectivity index (χ0n) is 18.7. The fourth-order valence-electron chi connectivity index (χ4n) is 3.88. The van der Waals surface area contributed by atoms with Crippen molar-refractivity contribution in [1.29, 1.82) is 0 Å². The second-order valence-electron chi connectivity index (χ2n) is 7.43. The van der Waals surface area contributed by atoms with Gasteiger partial charge in [0.25, 0.3) is 0 Å². The molecule has 3 aromatic carbocycles. The summed E-state index contributed by atoms with van der Waals surface area (Å²) in [6.45, 7) is 0.556. The van der Waals surface area contributed by atoms with Gasteiger partial charge in [-0.2, -0.15) is 0 Å². The van der Waals surface area contributed by atoms with E-state index in [0.717, 1.165) is 16.7 Å². The monoisotopic (exact) mass is 434 g/mol. The van der Waals surface area contributed by atoms with Crippen LogP contribution in [0.2, 0.25) is 0 Å². The second kappa shape index (κ2) is 11.2. The van der Waals surface area contributed by atoms with Crippen molar-refractivity contribution >= 4 is 5.91 Å². The summed E-state index contributed by atoms with van der Waals surface area (Å²) in [5.74, 6) is 1.31. The Kier molecular flexibility index (Phi) is 8.11. The van der Waals surface area contributed by atoms with E-state index >= 15 is 0 Å². The van der Waals surface area contributed by atoms with Gasteiger partial charge in [0.05, 0.1) is 14.2 Å². The summed E-state index contributed by atoms with van der Waals surface area (Å²) >= 11 is 0. The van der Waals surface area contributed by atoms with E-state index in [-0.39, 0.29) is 17.6 Å². The maximum Gasteiger partial charge on any atom is 0.241 e. The van der Waals surface area contributed by atoms with Gasteiger partial charge in [0.2, 0.25) is 5.91 Å². The maximum absolute atomic E-state index is 12.5. The van der Waals surface area contributed by atoms with Gasteiger partial charge < -0.3 is 25.2 Å². The molecule has 2 atom stereocenters. The molecule has 168 valence electrons. The molecule has 0 aromatic heterocycles. The molecule has 0 aliphatic rings. The van der Waals surface area contributed by atoms with Gasteiger partial charge >= 0.3 is 0 Å². The minimum absolute atomic E-state index is 0.0959. The fraction of sp³-hybridized carbons (Fsp3) is 0.269. The Morgan fingerprint density at radius 2 is 1.59 bits per heavy atom. The van der Waals surface area contributed by atoms with E-state index in [9.17, 15) is 9.90 Å². The van der Waals surface area contributed by atoms with Crippen molar-refractivity contribution in [3.05, 3.63) is 89.5 Å². The second-order valence-corrected chi connectivity index (χ2v) is 7.43. The van der Waals surface area contributed by atoms with Crippen LogP contribution in [0.4, 0.5) is 0 Å². The Morgan fingerprint density at radius 3 is 2.25 bits per heavy atom. The highest BCUT2D eigenvalue weighted by Gasteiger charge is 2.22. The van der Waals surface area contributed by atoms with Crippen LogP contribution in [0.15, 0.2) is 72.8 Å². The van der Waals surface area contributed by atoms with Crippen molar-refractivity contribution in [3.8, 4) is 17.2 Å². The average molecular weight is 435 g/mol. The number of hydrogen-bond donors (Lipinski definition) is 3. The number of phenolic OH excluding ortho intramolecular Hbond substituents is 1. The summed E-state index contributed by atoms with van der Waals surface area (Å²) < 4.78 is 10.9. The Labute approximate surface area is 189 Å². The number of likely N-dealkylation sites (N-methyl/N-ethyl adjacent to an activating group) is 1. The Morgan fingerprint density at radius 1 is 0.906 bits per heavy atom. The van der Waals surface area contributed by atoms with Crippen molar-refractivity contribution in [2.45, 2.75) is 18.4 Å². The number of carbonyl (C=O) groups excluding carboxylic acids is 1. The molecular weight excluding hydrogens is 404 g/mol. The molecule has 0 fully saturated rings. The number of para-hydroxylation sites is 1.